The molecule has 0 unspecified atom stereocenters. The number of aromatic nitrogens is 3. The molecule has 0 aliphatic heterocycles. The summed E-state index contributed by atoms with van der Waals surface area (Å²) in [5.74, 6) is 0. The van der Waals surface area contributed by atoms with Gasteiger partial charge in [-0.15, -0.1) is 0 Å². The fourth-order valence-corrected chi connectivity index (χ4v) is 7.87. The van der Waals surface area contributed by atoms with Crippen molar-refractivity contribution in [2.24, 2.45) is 0 Å². The summed E-state index contributed by atoms with van der Waals surface area (Å²) in [7, 11) is 0. The highest BCUT2D eigenvalue weighted by molar-refractivity contribution is 6.19. The second-order valence-electron chi connectivity index (χ2n) is 12.4. The van der Waals surface area contributed by atoms with Crippen LogP contribution in [-0.4, -0.2) is 13.7 Å². The van der Waals surface area contributed by atoms with Gasteiger partial charge >= 0.3 is 0 Å². The van der Waals surface area contributed by atoms with E-state index < -0.39 is 0 Å². The average molecular weight is 624 g/mol. The number of benzene rings is 7. The topological polar surface area (TPSA) is 42.9 Å². The summed E-state index contributed by atoms with van der Waals surface area (Å²) in [6.07, 6.45) is 0. The lowest BCUT2D eigenvalue weighted by atomic mass is 10.1. The van der Waals surface area contributed by atoms with Gasteiger partial charge < -0.3 is 13.7 Å². The molecule has 5 nitrogen and oxygen atoms in total. The van der Waals surface area contributed by atoms with Gasteiger partial charge in [0.1, 0.15) is 6.07 Å². The summed E-state index contributed by atoms with van der Waals surface area (Å²) in [4.78, 5) is 3.86. The van der Waals surface area contributed by atoms with Crippen LogP contribution < -0.4 is 0 Å². The molecule has 0 N–H and O–H groups in total. The Morgan fingerprint density at radius 1 is 0.449 bits per heavy atom. The van der Waals surface area contributed by atoms with Crippen molar-refractivity contribution in [1.82, 2.24) is 13.7 Å². The summed E-state index contributed by atoms with van der Waals surface area (Å²) in [6.45, 7) is 8.05. The molecule has 0 aliphatic rings. The highest BCUT2D eigenvalue weighted by Gasteiger charge is 2.24. The first-order chi connectivity index (χ1) is 24.2. The lowest BCUT2D eigenvalue weighted by Gasteiger charge is -2.19. The minimum atomic E-state index is 0.420. The van der Waals surface area contributed by atoms with Gasteiger partial charge in [0.25, 0.3) is 0 Å². The molecule has 10 rings (SSSR count). The third-order valence-corrected chi connectivity index (χ3v) is 9.85. The van der Waals surface area contributed by atoms with Gasteiger partial charge in [-0.25, -0.2) is 4.85 Å². The molecule has 5 heteroatoms. The van der Waals surface area contributed by atoms with E-state index in [0.29, 0.717) is 11.3 Å². The van der Waals surface area contributed by atoms with E-state index in [1.165, 1.54) is 0 Å². The van der Waals surface area contributed by atoms with Crippen molar-refractivity contribution in [2.75, 3.05) is 0 Å². The van der Waals surface area contributed by atoms with Gasteiger partial charge in [0.15, 0.2) is 5.69 Å². The van der Waals surface area contributed by atoms with Crippen LogP contribution in [0.15, 0.2) is 152 Å². The first kappa shape index (κ1) is 27.1. The van der Waals surface area contributed by atoms with E-state index in [0.717, 1.165) is 82.5 Å². The second-order valence-corrected chi connectivity index (χ2v) is 12.4. The number of hydrogen-bond donors (Lipinski definition) is 0. The maximum Gasteiger partial charge on any atom is 0.190 e. The molecule has 0 saturated carbocycles. The summed E-state index contributed by atoms with van der Waals surface area (Å²) in [5, 5.41) is 17.4. The summed E-state index contributed by atoms with van der Waals surface area (Å²) < 4.78 is 6.80. The molecule has 0 atom stereocenters. The van der Waals surface area contributed by atoms with Crippen LogP contribution in [0.1, 0.15) is 5.56 Å². The molecule has 3 heterocycles. The molecule has 0 bridgehead atoms. The second kappa shape index (κ2) is 10.2. The Balaban J connectivity index is 1.41. The predicted molar refractivity (Wildman–Crippen MR) is 200 cm³/mol. The fourth-order valence-electron chi connectivity index (χ4n) is 7.87. The predicted octanol–water partition coefficient (Wildman–Crippen LogP) is 11.4. The Bertz CT molecular complexity index is 3020. The van der Waals surface area contributed by atoms with E-state index in [4.69, 9.17) is 6.57 Å². The van der Waals surface area contributed by atoms with Gasteiger partial charge in [-0.2, -0.15) is 5.26 Å². The molecule has 49 heavy (non-hydrogen) atoms. The van der Waals surface area contributed by atoms with Crippen molar-refractivity contribution in [3.63, 3.8) is 0 Å². The highest BCUT2D eigenvalue weighted by atomic mass is 15.1. The highest BCUT2D eigenvalue weighted by Crippen LogP contribution is 2.43. The molecule has 0 saturated heterocycles. The van der Waals surface area contributed by atoms with Crippen LogP contribution in [-0.2, 0) is 0 Å². The molecule has 10 aromatic rings. The van der Waals surface area contributed by atoms with Crippen molar-refractivity contribution in [3.05, 3.63) is 169 Å². The Kier molecular flexibility index (Phi) is 5.64. The molecular weight excluding hydrogens is 599 g/mol. The molecule has 0 amide bonds. The minimum Gasteiger partial charge on any atom is -0.309 e. The number of rotatable bonds is 3. The van der Waals surface area contributed by atoms with Gasteiger partial charge in [-0.3, -0.25) is 0 Å². The van der Waals surface area contributed by atoms with Crippen LogP contribution in [0, 0.1) is 17.9 Å². The molecule has 3 aromatic heterocycles. The maximum absolute atomic E-state index is 10.7. The van der Waals surface area contributed by atoms with E-state index in [9.17, 15) is 5.26 Å². The van der Waals surface area contributed by atoms with Gasteiger partial charge in [-0.1, -0.05) is 91.0 Å². The Labute approximate surface area is 281 Å². The number of hydrogen-bond acceptors (Lipinski definition) is 1. The lowest BCUT2D eigenvalue weighted by Crippen LogP contribution is -2.06. The van der Waals surface area contributed by atoms with Crippen LogP contribution in [0.2, 0.25) is 0 Å². The zero-order valence-electron chi connectivity index (χ0n) is 26.2. The first-order valence-electron chi connectivity index (χ1n) is 16.2. The van der Waals surface area contributed by atoms with Crippen LogP contribution >= 0.6 is 0 Å². The van der Waals surface area contributed by atoms with Gasteiger partial charge in [0.05, 0.1) is 56.6 Å². The monoisotopic (exact) mass is 623 g/mol. The molecular formula is C44H25N5. The smallest absolute Gasteiger partial charge is 0.190 e. The molecule has 0 aliphatic carbocycles. The summed E-state index contributed by atoms with van der Waals surface area (Å²) in [6, 6.07) is 54.9. The SMILES string of the molecule is [C-]#[N+]c1cc(C#N)c(-n2c3ccccc3c3ccccc32)c(-n2c3ccccc3c3cc4c(cc32)c2ccccc2n4-c2ccccc2)c1. The van der Waals surface area contributed by atoms with Crippen LogP contribution in [0.4, 0.5) is 5.69 Å². The standard InChI is InChI=1S/C44H25N5/c1-46-29-23-28(27-45)44(49-39-21-11-5-15-31(39)32-16-6-12-22-40(32)49)43(24-29)48-38-20-10-8-18-34(38)36-25-41-35(26-42(36)48)33-17-7-9-19-37(33)47(41)30-13-3-2-4-14-30/h2-26H. The molecule has 226 valence electrons. The molecule has 0 spiro atoms. The van der Waals surface area contributed by atoms with Crippen LogP contribution in [0.5, 0.6) is 0 Å². The largest absolute Gasteiger partial charge is 0.309 e. The normalized spacial score (nSPS) is 11.6. The molecule has 0 fully saturated rings. The lowest BCUT2D eigenvalue weighted by molar-refractivity contribution is 1.09. The number of fused-ring (bicyclic) bond motifs is 9. The number of para-hydroxylation sites is 5. The molecule has 0 radical (unpaired) electrons. The van der Waals surface area contributed by atoms with Crippen molar-refractivity contribution >= 4 is 71.1 Å². The zero-order valence-corrected chi connectivity index (χ0v) is 26.2. The number of nitrogens with zero attached hydrogens (tertiary/aromatic N) is 5. The van der Waals surface area contributed by atoms with Gasteiger partial charge in [-0.05, 0) is 60.7 Å². The van der Waals surface area contributed by atoms with Crippen LogP contribution in [0.3, 0.4) is 0 Å². The van der Waals surface area contributed by atoms with E-state index in [1.54, 1.807) is 6.07 Å². The summed E-state index contributed by atoms with van der Waals surface area (Å²) in [5.41, 5.74) is 9.80. The Morgan fingerprint density at radius 3 is 1.43 bits per heavy atom. The van der Waals surface area contributed by atoms with Crippen molar-refractivity contribution in [1.29, 1.82) is 5.26 Å². The third kappa shape index (κ3) is 3.73. The van der Waals surface area contributed by atoms with Crippen molar-refractivity contribution in [3.8, 4) is 23.1 Å². The van der Waals surface area contributed by atoms with Gasteiger partial charge in [0.2, 0.25) is 0 Å². The fraction of sp³-hybridized carbons (Fsp3) is 0. The number of nitriles is 1. The van der Waals surface area contributed by atoms with E-state index in [-0.39, 0.29) is 0 Å². The average Bonchev–Trinajstić information content (AvgIpc) is 3.79. The zero-order chi connectivity index (χ0) is 32.6. The van der Waals surface area contributed by atoms with E-state index in [1.807, 2.05) is 24.3 Å². The Hall–Kier alpha value is -7.08. The van der Waals surface area contributed by atoms with Crippen LogP contribution in [0.25, 0.3) is 87.3 Å². The third-order valence-electron chi connectivity index (χ3n) is 9.85. The maximum atomic E-state index is 10.7. The minimum absolute atomic E-state index is 0.420. The summed E-state index contributed by atoms with van der Waals surface area (Å²) >= 11 is 0. The quantitative estimate of drug-likeness (QED) is 0.181. The first-order valence-corrected chi connectivity index (χ1v) is 16.2. The van der Waals surface area contributed by atoms with E-state index >= 15 is 0 Å². The Morgan fingerprint density at radius 2 is 0.898 bits per heavy atom. The molecule has 7 aromatic carbocycles. The van der Waals surface area contributed by atoms with Crippen molar-refractivity contribution in [2.45, 2.75) is 0 Å². The van der Waals surface area contributed by atoms with Crippen molar-refractivity contribution < 1.29 is 0 Å². The van der Waals surface area contributed by atoms with E-state index in [2.05, 4.69) is 146 Å². The van der Waals surface area contributed by atoms with Gasteiger partial charge in [0, 0.05) is 38.0 Å².